The van der Waals surface area contributed by atoms with Crippen molar-refractivity contribution in [3.05, 3.63) is 29.3 Å². The predicted molar refractivity (Wildman–Crippen MR) is 33.9 cm³/mol. The second kappa shape index (κ2) is 2.73. The van der Waals surface area contributed by atoms with Gasteiger partial charge in [-0.05, 0) is 13.0 Å². The van der Waals surface area contributed by atoms with Crippen LogP contribution in [-0.4, -0.2) is 4.98 Å². The quantitative estimate of drug-likeness (QED) is 0.440. The molecule has 1 nitrogen and oxygen atoms in total. The second-order valence-corrected chi connectivity index (χ2v) is 2.32. The van der Waals surface area contributed by atoms with Gasteiger partial charge in [0.1, 0.15) is 0 Å². The summed E-state index contributed by atoms with van der Waals surface area (Å²) in [5.74, 6) is -1.11. The Hall–Kier alpha value is -1.13. The van der Waals surface area contributed by atoms with E-state index in [1.54, 1.807) is 0 Å². The molecule has 66 valence electrons. The van der Waals surface area contributed by atoms with Crippen LogP contribution in [0.25, 0.3) is 0 Å². The van der Waals surface area contributed by atoms with Crippen molar-refractivity contribution in [3.8, 4) is 0 Å². The van der Waals surface area contributed by atoms with E-state index < -0.39 is 17.7 Å². The van der Waals surface area contributed by atoms with Gasteiger partial charge in [0.25, 0.3) is 0 Å². The molecule has 0 saturated carbocycles. The van der Waals surface area contributed by atoms with Crippen LogP contribution in [0.4, 0.5) is 17.6 Å². The van der Waals surface area contributed by atoms with Gasteiger partial charge in [0.05, 0.1) is 5.56 Å². The summed E-state index contributed by atoms with van der Waals surface area (Å²) >= 11 is 0. The highest BCUT2D eigenvalue weighted by Crippen LogP contribution is 2.29. The fraction of sp³-hybridized carbons (Fsp3) is 0.286. The maximum absolute atomic E-state index is 12.3. The largest absolute Gasteiger partial charge is 0.416 e. The monoisotopic (exact) mass is 179 g/mol. The lowest BCUT2D eigenvalue weighted by Gasteiger charge is -2.06. The van der Waals surface area contributed by atoms with E-state index >= 15 is 0 Å². The minimum absolute atomic E-state index is 0.0160. The predicted octanol–water partition coefficient (Wildman–Crippen LogP) is 2.55. The highest BCUT2D eigenvalue weighted by atomic mass is 19.4. The molecule has 0 amide bonds. The van der Waals surface area contributed by atoms with Gasteiger partial charge in [-0.1, -0.05) is 0 Å². The van der Waals surface area contributed by atoms with Gasteiger partial charge in [0.15, 0.2) is 0 Å². The van der Waals surface area contributed by atoms with Gasteiger partial charge in [-0.2, -0.15) is 17.6 Å². The molecule has 0 bridgehead atoms. The third-order valence-corrected chi connectivity index (χ3v) is 1.25. The van der Waals surface area contributed by atoms with Gasteiger partial charge in [-0.25, -0.2) is 4.98 Å². The molecule has 0 aliphatic heterocycles. The van der Waals surface area contributed by atoms with Crippen LogP contribution in [0.2, 0.25) is 0 Å². The van der Waals surface area contributed by atoms with E-state index in [2.05, 4.69) is 4.98 Å². The van der Waals surface area contributed by atoms with Gasteiger partial charge >= 0.3 is 6.18 Å². The number of aryl methyl sites for hydroxylation is 1. The molecule has 0 aromatic carbocycles. The number of rotatable bonds is 0. The molecule has 1 aromatic rings. The number of halogens is 4. The first-order valence-corrected chi connectivity index (χ1v) is 3.11. The zero-order valence-corrected chi connectivity index (χ0v) is 6.11. The molecular formula is C7H5F4N. The van der Waals surface area contributed by atoms with Gasteiger partial charge in [0, 0.05) is 11.8 Å². The normalized spacial score (nSPS) is 11.8. The molecule has 0 fully saturated rings. The molecule has 0 unspecified atom stereocenters. The highest BCUT2D eigenvalue weighted by Gasteiger charge is 2.31. The Balaban J connectivity index is 3.18. The Morgan fingerprint density at radius 1 is 1.25 bits per heavy atom. The van der Waals surface area contributed by atoms with Crippen molar-refractivity contribution >= 4 is 0 Å². The van der Waals surface area contributed by atoms with Gasteiger partial charge in [-0.3, -0.25) is 0 Å². The van der Waals surface area contributed by atoms with Crippen molar-refractivity contribution in [3.63, 3.8) is 0 Å². The van der Waals surface area contributed by atoms with E-state index in [0.717, 1.165) is 6.07 Å². The first kappa shape index (κ1) is 8.96. The summed E-state index contributed by atoms with van der Waals surface area (Å²) in [6, 6.07) is 1.16. The summed E-state index contributed by atoms with van der Waals surface area (Å²) in [7, 11) is 0. The Morgan fingerprint density at radius 2 is 1.83 bits per heavy atom. The SMILES string of the molecule is Cc1cc(C(F)(F)F)cc(F)n1. The third-order valence-electron chi connectivity index (χ3n) is 1.25. The molecule has 1 rings (SSSR count). The number of pyridine rings is 1. The molecule has 12 heavy (non-hydrogen) atoms. The molecule has 0 saturated heterocycles. The smallest absolute Gasteiger partial charge is 0.225 e. The van der Waals surface area contributed by atoms with E-state index in [1.165, 1.54) is 6.92 Å². The number of hydrogen-bond acceptors (Lipinski definition) is 1. The molecule has 0 aliphatic rings. The molecule has 5 heteroatoms. The Bertz CT molecular complexity index is 272. The summed E-state index contributed by atoms with van der Waals surface area (Å²) in [5.41, 5.74) is -0.991. The lowest BCUT2D eigenvalue weighted by Crippen LogP contribution is -2.06. The average Bonchev–Trinajstić information content (AvgIpc) is 1.82. The summed E-state index contributed by atoms with van der Waals surface area (Å²) in [6.07, 6.45) is -4.51. The van der Waals surface area contributed by atoms with Gasteiger partial charge in [-0.15, -0.1) is 0 Å². The van der Waals surface area contributed by atoms with Crippen LogP contribution in [0, 0.1) is 12.9 Å². The van der Waals surface area contributed by atoms with Crippen LogP contribution in [0.15, 0.2) is 12.1 Å². The topological polar surface area (TPSA) is 12.9 Å². The van der Waals surface area contributed by atoms with Crippen LogP contribution in [0.3, 0.4) is 0 Å². The molecule has 0 radical (unpaired) electrons. The molecule has 0 aliphatic carbocycles. The lowest BCUT2D eigenvalue weighted by molar-refractivity contribution is -0.137. The number of alkyl halides is 3. The Morgan fingerprint density at radius 3 is 2.25 bits per heavy atom. The van der Waals surface area contributed by atoms with Crippen LogP contribution in [-0.2, 0) is 6.18 Å². The first-order chi connectivity index (χ1) is 5.39. The van der Waals surface area contributed by atoms with E-state index in [0.29, 0.717) is 6.07 Å². The zero-order chi connectivity index (χ0) is 9.35. The van der Waals surface area contributed by atoms with Crippen LogP contribution in [0.5, 0.6) is 0 Å². The van der Waals surface area contributed by atoms with Gasteiger partial charge in [0.2, 0.25) is 5.95 Å². The van der Waals surface area contributed by atoms with Crippen molar-refractivity contribution in [2.75, 3.05) is 0 Å². The van der Waals surface area contributed by atoms with E-state index in [4.69, 9.17) is 0 Å². The third kappa shape index (κ3) is 1.93. The first-order valence-electron chi connectivity index (χ1n) is 3.11. The van der Waals surface area contributed by atoms with Crippen LogP contribution < -0.4 is 0 Å². The lowest BCUT2D eigenvalue weighted by atomic mass is 10.2. The van der Waals surface area contributed by atoms with Crippen molar-refractivity contribution in [2.24, 2.45) is 0 Å². The summed E-state index contributed by atoms with van der Waals surface area (Å²) in [5, 5.41) is 0. The fourth-order valence-electron chi connectivity index (χ4n) is 0.792. The molecule has 0 atom stereocenters. The number of nitrogens with zero attached hydrogens (tertiary/aromatic N) is 1. The standard InChI is InChI=1S/C7H5F4N/c1-4-2-5(7(9,10)11)3-6(8)12-4/h2-3H,1H3. The van der Waals surface area contributed by atoms with Crippen molar-refractivity contribution < 1.29 is 17.6 Å². The molecule has 1 heterocycles. The zero-order valence-electron chi connectivity index (χ0n) is 6.11. The Labute approximate surface area is 66.0 Å². The minimum atomic E-state index is -4.51. The van der Waals surface area contributed by atoms with Crippen molar-refractivity contribution in [1.82, 2.24) is 4.98 Å². The molecular weight excluding hydrogens is 174 g/mol. The summed E-state index contributed by atoms with van der Waals surface area (Å²) in [4.78, 5) is 3.18. The Kier molecular flexibility index (Phi) is 2.04. The van der Waals surface area contributed by atoms with Crippen LogP contribution >= 0.6 is 0 Å². The van der Waals surface area contributed by atoms with E-state index in [-0.39, 0.29) is 5.69 Å². The molecule has 1 aromatic heterocycles. The number of aromatic nitrogens is 1. The molecule has 0 N–H and O–H groups in total. The summed E-state index contributed by atoms with van der Waals surface area (Å²) in [6.45, 7) is 1.30. The number of hydrogen-bond donors (Lipinski definition) is 0. The van der Waals surface area contributed by atoms with E-state index in [1.807, 2.05) is 0 Å². The average molecular weight is 179 g/mol. The second-order valence-electron chi connectivity index (χ2n) is 2.32. The van der Waals surface area contributed by atoms with Crippen LogP contribution in [0.1, 0.15) is 11.3 Å². The van der Waals surface area contributed by atoms with Crippen molar-refractivity contribution in [2.45, 2.75) is 13.1 Å². The summed E-state index contributed by atoms with van der Waals surface area (Å²) < 4.78 is 48.2. The highest BCUT2D eigenvalue weighted by molar-refractivity contribution is 5.19. The van der Waals surface area contributed by atoms with Gasteiger partial charge < -0.3 is 0 Å². The van der Waals surface area contributed by atoms with Crippen molar-refractivity contribution in [1.29, 1.82) is 0 Å². The fourth-order valence-corrected chi connectivity index (χ4v) is 0.792. The molecule has 0 spiro atoms. The maximum atomic E-state index is 12.3. The maximum Gasteiger partial charge on any atom is 0.416 e. The van der Waals surface area contributed by atoms with E-state index in [9.17, 15) is 17.6 Å². The minimum Gasteiger partial charge on any atom is -0.225 e.